The fourth-order valence-electron chi connectivity index (χ4n) is 2.95. The summed E-state index contributed by atoms with van der Waals surface area (Å²) >= 11 is 0. The number of likely N-dealkylation sites (tertiary alicyclic amines) is 1. The molecule has 0 aliphatic carbocycles. The summed E-state index contributed by atoms with van der Waals surface area (Å²) in [5, 5.41) is 0. The van der Waals surface area contributed by atoms with E-state index in [9.17, 15) is 9.59 Å². The van der Waals surface area contributed by atoms with Gasteiger partial charge in [0, 0.05) is 19.0 Å². The van der Waals surface area contributed by atoms with Crippen LogP contribution in [0.2, 0.25) is 0 Å². The number of carbonyl (C=O) groups is 2. The van der Waals surface area contributed by atoms with Gasteiger partial charge in [0.1, 0.15) is 5.78 Å². The monoisotopic (exact) mass is 273 g/mol. The highest BCUT2D eigenvalue weighted by Crippen LogP contribution is 2.21. The third-order valence-electron chi connectivity index (χ3n) is 4.07. The zero-order chi connectivity index (χ0) is 14.5. The van der Waals surface area contributed by atoms with E-state index in [4.69, 9.17) is 0 Å². The minimum atomic E-state index is 0.109. The van der Waals surface area contributed by atoms with Crippen LogP contribution in [0.25, 0.3) is 0 Å². The molecule has 1 aromatic carbocycles. The normalized spacial score (nSPS) is 18.9. The van der Waals surface area contributed by atoms with Gasteiger partial charge in [-0.05, 0) is 44.2 Å². The quantitative estimate of drug-likeness (QED) is 0.846. The van der Waals surface area contributed by atoms with Crippen LogP contribution in [0.15, 0.2) is 24.3 Å². The van der Waals surface area contributed by atoms with Crippen molar-refractivity contribution in [3.05, 3.63) is 35.4 Å². The Balaban J connectivity index is 2.06. The highest BCUT2D eigenvalue weighted by atomic mass is 16.2. The van der Waals surface area contributed by atoms with Crippen LogP contribution in [0, 0.1) is 6.92 Å². The molecule has 1 aliphatic heterocycles. The molecule has 1 aliphatic rings. The van der Waals surface area contributed by atoms with Crippen molar-refractivity contribution in [3.63, 3.8) is 0 Å². The third-order valence-corrected chi connectivity index (χ3v) is 4.07. The summed E-state index contributed by atoms with van der Waals surface area (Å²) in [6.07, 6.45) is 4.07. The summed E-state index contributed by atoms with van der Waals surface area (Å²) in [6.45, 7) is 4.44. The molecule has 0 spiro atoms. The average Bonchev–Trinajstić information content (AvgIpc) is 2.41. The van der Waals surface area contributed by atoms with E-state index in [1.807, 2.05) is 36.1 Å². The Kier molecular flexibility index (Phi) is 4.94. The molecule has 2 rings (SSSR count). The van der Waals surface area contributed by atoms with Crippen LogP contribution in [0.4, 0.5) is 0 Å². The zero-order valence-electron chi connectivity index (χ0n) is 12.4. The number of ketones is 1. The predicted octanol–water partition coefficient (Wildman–Crippen LogP) is 2.90. The van der Waals surface area contributed by atoms with Gasteiger partial charge in [-0.3, -0.25) is 9.59 Å². The standard InChI is InChI=1S/C17H23NO2/c1-13-7-3-4-8-15(13)12-17(20)18-10-6-5-9-16(18)11-14(2)19/h3-4,7-8,16H,5-6,9-12H2,1-2H3. The van der Waals surface area contributed by atoms with Gasteiger partial charge in [-0.1, -0.05) is 24.3 Å². The zero-order valence-corrected chi connectivity index (χ0v) is 12.4. The number of amides is 1. The van der Waals surface area contributed by atoms with Crippen LogP contribution < -0.4 is 0 Å². The van der Waals surface area contributed by atoms with E-state index in [0.29, 0.717) is 12.8 Å². The van der Waals surface area contributed by atoms with Crippen molar-refractivity contribution in [3.8, 4) is 0 Å². The number of aryl methyl sites for hydroxylation is 1. The van der Waals surface area contributed by atoms with Gasteiger partial charge >= 0.3 is 0 Å². The number of carbonyl (C=O) groups excluding carboxylic acids is 2. The summed E-state index contributed by atoms with van der Waals surface area (Å²) < 4.78 is 0. The lowest BCUT2D eigenvalue weighted by Crippen LogP contribution is -2.45. The second-order valence-corrected chi connectivity index (χ2v) is 5.75. The van der Waals surface area contributed by atoms with Crippen LogP contribution in [-0.4, -0.2) is 29.2 Å². The Labute approximate surface area is 121 Å². The summed E-state index contributed by atoms with van der Waals surface area (Å²) in [7, 11) is 0. The summed E-state index contributed by atoms with van der Waals surface area (Å²) in [5.74, 6) is 0.329. The Hall–Kier alpha value is -1.64. The predicted molar refractivity (Wildman–Crippen MR) is 79.5 cm³/mol. The lowest BCUT2D eigenvalue weighted by Gasteiger charge is -2.35. The maximum atomic E-state index is 12.5. The second-order valence-electron chi connectivity index (χ2n) is 5.75. The summed E-state index contributed by atoms with van der Waals surface area (Å²) in [6, 6.07) is 8.11. The first kappa shape index (κ1) is 14.8. The molecule has 1 aromatic rings. The first-order valence-electron chi connectivity index (χ1n) is 7.41. The number of nitrogens with zero attached hydrogens (tertiary/aromatic N) is 1. The highest BCUT2D eigenvalue weighted by Gasteiger charge is 2.27. The number of hydrogen-bond acceptors (Lipinski definition) is 2. The molecule has 0 radical (unpaired) electrons. The van der Waals surface area contributed by atoms with E-state index in [-0.39, 0.29) is 17.7 Å². The largest absolute Gasteiger partial charge is 0.339 e. The van der Waals surface area contributed by atoms with E-state index in [1.165, 1.54) is 0 Å². The molecule has 1 fully saturated rings. The molecule has 1 amide bonds. The molecule has 0 bridgehead atoms. The van der Waals surface area contributed by atoms with Gasteiger partial charge in [-0.2, -0.15) is 0 Å². The van der Waals surface area contributed by atoms with Crippen molar-refractivity contribution in [2.75, 3.05) is 6.54 Å². The molecule has 1 unspecified atom stereocenters. The minimum Gasteiger partial charge on any atom is -0.339 e. The molecule has 0 aromatic heterocycles. The fourth-order valence-corrected chi connectivity index (χ4v) is 2.95. The van der Waals surface area contributed by atoms with Gasteiger partial charge < -0.3 is 4.90 Å². The minimum absolute atomic E-state index is 0.109. The van der Waals surface area contributed by atoms with E-state index in [1.54, 1.807) is 6.92 Å². The number of benzene rings is 1. The molecule has 1 heterocycles. The van der Waals surface area contributed by atoms with E-state index in [0.717, 1.165) is 36.9 Å². The molecular formula is C17H23NO2. The Morgan fingerprint density at radius 3 is 2.70 bits per heavy atom. The van der Waals surface area contributed by atoms with Crippen LogP contribution in [-0.2, 0) is 16.0 Å². The lowest BCUT2D eigenvalue weighted by molar-refractivity contribution is -0.135. The van der Waals surface area contributed by atoms with Crippen LogP contribution in [0.5, 0.6) is 0 Å². The fraction of sp³-hybridized carbons (Fsp3) is 0.529. The van der Waals surface area contributed by atoms with Crippen molar-refractivity contribution >= 4 is 11.7 Å². The smallest absolute Gasteiger partial charge is 0.227 e. The van der Waals surface area contributed by atoms with Crippen molar-refractivity contribution in [2.45, 2.75) is 52.0 Å². The molecule has 1 atom stereocenters. The molecular weight excluding hydrogens is 250 g/mol. The first-order chi connectivity index (χ1) is 9.58. The first-order valence-corrected chi connectivity index (χ1v) is 7.41. The SMILES string of the molecule is CC(=O)CC1CCCCN1C(=O)Cc1ccccc1C. The van der Waals surface area contributed by atoms with Crippen molar-refractivity contribution in [1.82, 2.24) is 4.90 Å². The molecule has 0 saturated carbocycles. The number of Topliss-reactive ketones (excluding diaryl/α,β-unsaturated/α-hetero) is 1. The summed E-state index contributed by atoms with van der Waals surface area (Å²) in [5.41, 5.74) is 2.24. The van der Waals surface area contributed by atoms with Gasteiger partial charge in [0.15, 0.2) is 0 Å². The van der Waals surface area contributed by atoms with Crippen LogP contribution >= 0.6 is 0 Å². The van der Waals surface area contributed by atoms with Gasteiger partial charge in [-0.15, -0.1) is 0 Å². The van der Waals surface area contributed by atoms with E-state index in [2.05, 4.69) is 0 Å². The Morgan fingerprint density at radius 1 is 1.25 bits per heavy atom. The van der Waals surface area contributed by atoms with Crippen molar-refractivity contribution in [1.29, 1.82) is 0 Å². The number of rotatable bonds is 4. The average molecular weight is 273 g/mol. The van der Waals surface area contributed by atoms with E-state index < -0.39 is 0 Å². The van der Waals surface area contributed by atoms with Crippen LogP contribution in [0.1, 0.15) is 43.7 Å². The van der Waals surface area contributed by atoms with Gasteiger partial charge in [-0.25, -0.2) is 0 Å². The third kappa shape index (κ3) is 3.69. The highest BCUT2D eigenvalue weighted by molar-refractivity contribution is 5.81. The van der Waals surface area contributed by atoms with Gasteiger partial charge in [0.05, 0.1) is 6.42 Å². The molecule has 0 N–H and O–H groups in total. The molecule has 3 heteroatoms. The molecule has 1 saturated heterocycles. The number of hydrogen-bond donors (Lipinski definition) is 0. The molecule has 20 heavy (non-hydrogen) atoms. The summed E-state index contributed by atoms with van der Waals surface area (Å²) in [4.78, 5) is 25.8. The van der Waals surface area contributed by atoms with Gasteiger partial charge in [0.2, 0.25) is 5.91 Å². The van der Waals surface area contributed by atoms with Crippen LogP contribution in [0.3, 0.4) is 0 Å². The second kappa shape index (κ2) is 6.69. The molecule has 3 nitrogen and oxygen atoms in total. The van der Waals surface area contributed by atoms with Crippen molar-refractivity contribution in [2.24, 2.45) is 0 Å². The Morgan fingerprint density at radius 2 is 2.00 bits per heavy atom. The Bertz CT molecular complexity index is 496. The maximum absolute atomic E-state index is 12.5. The topological polar surface area (TPSA) is 37.4 Å². The van der Waals surface area contributed by atoms with Gasteiger partial charge in [0.25, 0.3) is 0 Å². The molecule has 108 valence electrons. The maximum Gasteiger partial charge on any atom is 0.227 e. The van der Waals surface area contributed by atoms with E-state index >= 15 is 0 Å². The lowest BCUT2D eigenvalue weighted by atomic mass is 9.96. The van der Waals surface area contributed by atoms with Crippen molar-refractivity contribution < 1.29 is 9.59 Å². The number of piperidine rings is 1.